The van der Waals surface area contributed by atoms with E-state index in [0.717, 1.165) is 5.92 Å². The maximum atomic E-state index is 2.48. The molecular formula is C15H25I. The Hall–Kier alpha value is 0.210. The zero-order valence-electron chi connectivity index (χ0n) is 10.6. The molecule has 0 bridgehead atoms. The van der Waals surface area contributed by atoms with Gasteiger partial charge in [0.25, 0.3) is 0 Å². The Balaban J connectivity index is 1.85. The Bertz CT molecular complexity index is 228. The van der Waals surface area contributed by atoms with Gasteiger partial charge >= 0.3 is 0 Å². The summed E-state index contributed by atoms with van der Waals surface area (Å²) < 4.78 is 1.53. The lowest BCUT2D eigenvalue weighted by molar-refractivity contribution is 0.548. The second kappa shape index (κ2) is 9.26. The Kier molecular flexibility index (Phi) is 8.26. The van der Waals surface area contributed by atoms with Crippen molar-refractivity contribution >= 4 is 22.6 Å². The van der Waals surface area contributed by atoms with Gasteiger partial charge in [0.1, 0.15) is 0 Å². The molecule has 0 aromatic rings. The second-order valence-electron chi connectivity index (χ2n) is 4.81. The number of allylic oxidation sites excluding steroid dienone is 4. The highest BCUT2D eigenvalue weighted by molar-refractivity contribution is 14.1. The summed E-state index contributed by atoms with van der Waals surface area (Å²) in [4.78, 5) is 0. The van der Waals surface area contributed by atoms with E-state index in [1.807, 2.05) is 0 Å². The standard InChI is InChI=1S/C15H25I/c1-2-3-4-5-6-7-8-9-11-14-12-10-13-15(14)16/h10,12-14H,2-9,11H2,1H3. The summed E-state index contributed by atoms with van der Waals surface area (Å²) in [5.41, 5.74) is 0. The van der Waals surface area contributed by atoms with Gasteiger partial charge < -0.3 is 0 Å². The molecule has 0 amide bonds. The SMILES string of the molecule is CCCCCCCCCCC1C=CC=C1I. The summed E-state index contributed by atoms with van der Waals surface area (Å²) in [5, 5.41) is 0. The van der Waals surface area contributed by atoms with E-state index in [0.29, 0.717) is 0 Å². The topological polar surface area (TPSA) is 0 Å². The Labute approximate surface area is 115 Å². The lowest BCUT2D eigenvalue weighted by atomic mass is 10.0. The van der Waals surface area contributed by atoms with Crippen molar-refractivity contribution in [2.45, 2.75) is 64.7 Å². The molecule has 16 heavy (non-hydrogen) atoms. The van der Waals surface area contributed by atoms with Gasteiger partial charge in [-0.15, -0.1) is 0 Å². The number of unbranched alkanes of at least 4 members (excludes halogenated alkanes) is 7. The van der Waals surface area contributed by atoms with Crippen LogP contribution in [0.25, 0.3) is 0 Å². The Morgan fingerprint density at radius 2 is 1.62 bits per heavy atom. The van der Waals surface area contributed by atoms with Crippen molar-refractivity contribution in [2.75, 3.05) is 0 Å². The van der Waals surface area contributed by atoms with Gasteiger partial charge in [0.05, 0.1) is 0 Å². The predicted octanol–water partition coefficient (Wildman–Crippen LogP) is 6.02. The molecular weight excluding hydrogens is 307 g/mol. The van der Waals surface area contributed by atoms with Crippen LogP contribution in [0, 0.1) is 5.92 Å². The lowest BCUT2D eigenvalue weighted by Crippen LogP contribution is -1.93. The van der Waals surface area contributed by atoms with Gasteiger partial charge in [0, 0.05) is 5.92 Å². The van der Waals surface area contributed by atoms with Crippen molar-refractivity contribution in [2.24, 2.45) is 5.92 Å². The first-order valence-electron chi connectivity index (χ1n) is 6.88. The third-order valence-electron chi connectivity index (χ3n) is 3.32. The van der Waals surface area contributed by atoms with Crippen LogP contribution < -0.4 is 0 Å². The Morgan fingerprint density at radius 3 is 2.19 bits per heavy atom. The van der Waals surface area contributed by atoms with Gasteiger partial charge in [-0.25, -0.2) is 0 Å². The van der Waals surface area contributed by atoms with Crippen LogP contribution >= 0.6 is 22.6 Å². The maximum Gasteiger partial charge on any atom is 0.00791 e. The molecule has 0 fully saturated rings. The molecule has 1 atom stereocenters. The van der Waals surface area contributed by atoms with Crippen LogP contribution in [0.15, 0.2) is 21.8 Å². The summed E-state index contributed by atoms with van der Waals surface area (Å²) in [6.45, 7) is 2.28. The van der Waals surface area contributed by atoms with Gasteiger partial charge in [0.15, 0.2) is 0 Å². The van der Waals surface area contributed by atoms with Crippen LogP contribution in [0.5, 0.6) is 0 Å². The minimum Gasteiger partial charge on any atom is -0.0765 e. The van der Waals surface area contributed by atoms with Crippen molar-refractivity contribution in [1.29, 1.82) is 0 Å². The fraction of sp³-hybridized carbons (Fsp3) is 0.733. The minimum absolute atomic E-state index is 0.751. The molecule has 0 N–H and O–H groups in total. The molecule has 0 heterocycles. The lowest BCUT2D eigenvalue weighted by Gasteiger charge is -2.08. The maximum absolute atomic E-state index is 2.48. The normalized spacial score (nSPS) is 19.1. The van der Waals surface area contributed by atoms with E-state index >= 15 is 0 Å². The summed E-state index contributed by atoms with van der Waals surface area (Å²) >= 11 is 2.48. The molecule has 0 aromatic carbocycles. The van der Waals surface area contributed by atoms with E-state index < -0.39 is 0 Å². The molecule has 0 spiro atoms. The molecule has 0 aromatic heterocycles. The first-order valence-corrected chi connectivity index (χ1v) is 7.96. The monoisotopic (exact) mass is 332 g/mol. The zero-order valence-corrected chi connectivity index (χ0v) is 12.7. The molecule has 0 saturated heterocycles. The first-order chi connectivity index (χ1) is 7.84. The van der Waals surface area contributed by atoms with Crippen LogP contribution in [-0.4, -0.2) is 0 Å². The average molecular weight is 332 g/mol. The molecule has 1 heteroatoms. The largest absolute Gasteiger partial charge is 0.0765 e. The van der Waals surface area contributed by atoms with Crippen molar-refractivity contribution in [3.05, 3.63) is 21.8 Å². The summed E-state index contributed by atoms with van der Waals surface area (Å²) in [7, 11) is 0. The van der Waals surface area contributed by atoms with Crippen LogP contribution in [-0.2, 0) is 0 Å². The van der Waals surface area contributed by atoms with Gasteiger partial charge in [-0.2, -0.15) is 0 Å². The average Bonchev–Trinajstić information content (AvgIpc) is 2.68. The van der Waals surface area contributed by atoms with Crippen molar-refractivity contribution in [1.82, 2.24) is 0 Å². The van der Waals surface area contributed by atoms with E-state index in [9.17, 15) is 0 Å². The molecule has 0 nitrogen and oxygen atoms in total. The van der Waals surface area contributed by atoms with E-state index in [1.165, 1.54) is 61.4 Å². The molecule has 0 saturated carbocycles. The van der Waals surface area contributed by atoms with Crippen molar-refractivity contribution in [3.8, 4) is 0 Å². The Morgan fingerprint density at radius 1 is 1.00 bits per heavy atom. The number of hydrogen-bond acceptors (Lipinski definition) is 0. The number of hydrogen-bond donors (Lipinski definition) is 0. The molecule has 0 aliphatic heterocycles. The summed E-state index contributed by atoms with van der Waals surface area (Å²) in [6.07, 6.45) is 19.6. The van der Waals surface area contributed by atoms with Gasteiger partial charge in [0.2, 0.25) is 0 Å². The predicted molar refractivity (Wildman–Crippen MR) is 82.0 cm³/mol. The van der Waals surface area contributed by atoms with Crippen molar-refractivity contribution < 1.29 is 0 Å². The van der Waals surface area contributed by atoms with E-state index in [-0.39, 0.29) is 0 Å². The molecule has 1 aliphatic rings. The molecule has 1 unspecified atom stereocenters. The fourth-order valence-corrected chi connectivity index (χ4v) is 2.96. The third kappa shape index (κ3) is 6.07. The molecule has 92 valence electrons. The first kappa shape index (κ1) is 14.3. The minimum atomic E-state index is 0.751. The number of rotatable bonds is 9. The highest BCUT2D eigenvalue weighted by Gasteiger charge is 2.10. The molecule has 1 rings (SSSR count). The van der Waals surface area contributed by atoms with Crippen LogP contribution in [0.4, 0.5) is 0 Å². The number of halogens is 1. The fourth-order valence-electron chi connectivity index (χ4n) is 2.23. The highest BCUT2D eigenvalue weighted by atomic mass is 127. The van der Waals surface area contributed by atoms with Gasteiger partial charge in [-0.05, 0) is 32.6 Å². The van der Waals surface area contributed by atoms with Crippen LogP contribution in [0.1, 0.15) is 64.7 Å². The van der Waals surface area contributed by atoms with Crippen LogP contribution in [0.3, 0.4) is 0 Å². The van der Waals surface area contributed by atoms with Gasteiger partial charge in [-0.1, -0.05) is 76.5 Å². The van der Waals surface area contributed by atoms with Crippen LogP contribution in [0.2, 0.25) is 0 Å². The highest BCUT2D eigenvalue weighted by Crippen LogP contribution is 2.29. The van der Waals surface area contributed by atoms with E-state index in [4.69, 9.17) is 0 Å². The van der Waals surface area contributed by atoms with Crippen molar-refractivity contribution in [3.63, 3.8) is 0 Å². The quantitative estimate of drug-likeness (QED) is 0.358. The van der Waals surface area contributed by atoms with Gasteiger partial charge in [-0.3, -0.25) is 0 Å². The smallest absolute Gasteiger partial charge is 0.00791 e. The zero-order chi connectivity index (χ0) is 11.6. The summed E-state index contributed by atoms with van der Waals surface area (Å²) in [5.74, 6) is 0.751. The molecule has 0 radical (unpaired) electrons. The molecule has 1 aliphatic carbocycles. The second-order valence-corrected chi connectivity index (χ2v) is 6.05. The van der Waals surface area contributed by atoms with E-state index in [1.54, 1.807) is 0 Å². The van der Waals surface area contributed by atoms with E-state index in [2.05, 4.69) is 47.7 Å². The summed E-state index contributed by atoms with van der Waals surface area (Å²) in [6, 6.07) is 0. The third-order valence-corrected chi connectivity index (χ3v) is 4.48.